The van der Waals surface area contributed by atoms with Crippen LogP contribution in [0.1, 0.15) is 38.9 Å². The summed E-state index contributed by atoms with van der Waals surface area (Å²) in [6.07, 6.45) is 1.60. The summed E-state index contributed by atoms with van der Waals surface area (Å²) >= 11 is 0. The Morgan fingerprint density at radius 2 is 2.11 bits per heavy atom. The number of aliphatic carboxylic acids is 1. The lowest BCUT2D eigenvalue weighted by Crippen LogP contribution is -2.34. The van der Waals surface area contributed by atoms with Crippen molar-refractivity contribution in [2.24, 2.45) is 5.41 Å². The molecule has 0 aromatic carbocycles. The third kappa shape index (κ3) is 3.84. The molecule has 0 aliphatic rings. The van der Waals surface area contributed by atoms with Gasteiger partial charge in [0.05, 0.1) is 17.2 Å². The predicted octanol–water partition coefficient (Wildman–Crippen LogP) is 1.76. The van der Waals surface area contributed by atoms with E-state index in [-0.39, 0.29) is 18.4 Å². The minimum atomic E-state index is -1.06. The van der Waals surface area contributed by atoms with E-state index in [9.17, 15) is 9.59 Å². The molecule has 0 aliphatic carbocycles. The first-order chi connectivity index (χ1) is 8.33. The molecule has 0 bridgehead atoms. The van der Waals surface area contributed by atoms with Gasteiger partial charge in [0.2, 0.25) is 5.91 Å². The Hall–Kier alpha value is -1.91. The summed E-state index contributed by atoms with van der Waals surface area (Å²) < 4.78 is 0. The number of nitrogens with zero attached hydrogens (tertiary/aromatic N) is 1. The maximum absolute atomic E-state index is 11.7. The molecule has 1 unspecified atom stereocenters. The quantitative estimate of drug-likeness (QED) is 0.834. The van der Waals surface area contributed by atoms with Gasteiger partial charge in [0.1, 0.15) is 0 Å². The lowest BCUT2D eigenvalue weighted by Gasteiger charge is -2.20. The van der Waals surface area contributed by atoms with Crippen LogP contribution in [0, 0.1) is 5.41 Å². The fourth-order valence-corrected chi connectivity index (χ4v) is 1.48. The zero-order valence-electron chi connectivity index (χ0n) is 10.8. The number of amides is 1. The van der Waals surface area contributed by atoms with Crippen LogP contribution in [0.25, 0.3) is 0 Å². The number of carboxylic acid groups (broad SMARTS) is 1. The molecule has 0 saturated carbocycles. The minimum Gasteiger partial charge on any atom is -0.481 e. The number of aromatic nitrogens is 1. The molecule has 98 valence electrons. The second-order valence-electron chi connectivity index (χ2n) is 4.91. The molecule has 1 amide bonds. The normalized spacial score (nSPS) is 12.8. The maximum Gasteiger partial charge on any atom is 0.309 e. The Labute approximate surface area is 106 Å². The Bertz CT molecular complexity index is 429. The average Bonchev–Trinajstić information content (AvgIpc) is 2.29. The molecule has 18 heavy (non-hydrogen) atoms. The number of rotatable bonds is 5. The second-order valence-corrected chi connectivity index (χ2v) is 4.91. The molecule has 0 aliphatic heterocycles. The van der Waals surface area contributed by atoms with Gasteiger partial charge in [-0.1, -0.05) is 6.07 Å². The Morgan fingerprint density at radius 3 is 2.61 bits per heavy atom. The summed E-state index contributed by atoms with van der Waals surface area (Å²) in [6, 6.07) is 5.22. The molecular weight excluding hydrogens is 232 g/mol. The number of nitrogens with one attached hydrogen (secondary N) is 1. The molecule has 1 aromatic rings. The van der Waals surface area contributed by atoms with Gasteiger partial charge in [0, 0.05) is 12.6 Å². The molecule has 5 heteroatoms. The highest BCUT2D eigenvalue weighted by Crippen LogP contribution is 2.21. The van der Waals surface area contributed by atoms with Crippen LogP contribution in [0.4, 0.5) is 0 Å². The monoisotopic (exact) mass is 250 g/mol. The third-order valence-corrected chi connectivity index (χ3v) is 2.69. The number of hydrogen-bond donors (Lipinski definition) is 2. The van der Waals surface area contributed by atoms with Crippen molar-refractivity contribution < 1.29 is 14.7 Å². The molecule has 0 saturated heterocycles. The van der Waals surface area contributed by atoms with Crippen molar-refractivity contribution in [1.29, 1.82) is 0 Å². The Morgan fingerprint density at radius 1 is 1.44 bits per heavy atom. The first kappa shape index (κ1) is 14.2. The fraction of sp³-hybridized carbons (Fsp3) is 0.462. The summed E-state index contributed by atoms with van der Waals surface area (Å²) in [6.45, 7) is 4.87. The summed E-state index contributed by atoms with van der Waals surface area (Å²) in [5, 5.41) is 11.7. The smallest absolute Gasteiger partial charge is 0.309 e. The Balaban J connectivity index is 2.58. The van der Waals surface area contributed by atoms with E-state index in [1.165, 1.54) is 13.8 Å². The van der Waals surface area contributed by atoms with Gasteiger partial charge in [-0.05, 0) is 32.9 Å². The molecule has 1 atom stereocenters. The molecule has 1 rings (SSSR count). The minimum absolute atomic E-state index is 0.0560. The van der Waals surface area contributed by atoms with Gasteiger partial charge >= 0.3 is 5.97 Å². The van der Waals surface area contributed by atoms with Crippen molar-refractivity contribution >= 4 is 11.9 Å². The molecule has 0 spiro atoms. The molecule has 0 fully saturated rings. The van der Waals surface area contributed by atoms with Gasteiger partial charge < -0.3 is 10.4 Å². The third-order valence-electron chi connectivity index (χ3n) is 2.69. The second kappa shape index (κ2) is 5.62. The van der Waals surface area contributed by atoms with E-state index in [1.807, 2.05) is 19.1 Å². The zero-order valence-corrected chi connectivity index (χ0v) is 10.8. The van der Waals surface area contributed by atoms with Gasteiger partial charge in [0.15, 0.2) is 0 Å². The van der Waals surface area contributed by atoms with Crippen molar-refractivity contribution in [1.82, 2.24) is 10.3 Å². The van der Waals surface area contributed by atoms with E-state index < -0.39 is 11.4 Å². The summed E-state index contributed by atoms with van der Waals surface area (Å²) in [5.74, 6) is -1.27. The zero-order chi connectivity index (χ0) is 13.8. The van der Waals surface area contributed by atoms with Crippen LogP contribution in [0.2, 0.25) is 0 Å². The van der Waals surface area contributed by atoms with E-state index in [0.717, 1.165) is 5.69 Å². The highest BCUT2D eigenvalue weighted by atomic mass is 16.4. The van der Waals surface area contributed by atoms with E-state index in [0.29, 0.717) is 0 Å². The number of pyridine rings is 1. The number of carboxylic acids is 1. The largest absolute Gasteiger partial charge is 0.481 e. The van der Waals surface area contributed by atoms with Gasteiger partial charge in [0.25, 0.3) is 0 Å². The molecule has 0 radical (unpaired) electrons. The summed E-state index contributed by atoms with van der Waals surface area (Å²) in [7, 11) is 0. The van der Waals surface area contributed by atoms with Gasteiger partial charge in [-0.25, -0.2) is 0 Å². The van der Waals surface area contributed by atoms with Crippen LogP contribution in [-0.4, -0.2) is 22.0 Å². The van der Waals surface area contributed by atoms with E-state index in [2.05, 4.69) is 10.3 Å². The van der Waals surface area contributed by atoms with Gasteiger partial charge in [-0.3, -0.25) is 14.6 Å². The number of carbonyl (C=O) groups excluding carboxylic acids is 1. The number of hydrogen-bond acceptors (Lipinski definition) is 3. The summed E-state index contributed by atoms with van der Waals surface area (Å²) in [5.41, 5.74) is -0.313. The highest BCUT2D eigenvalue weighted by Gasteiger charge is 2.30. The van der Waals surface area contributed by atoms with Crippen molar-refractivity contribution in [3.05, 3.63) is 30.1 Å². The molecule has 5 nitrogen and oxygen atoms in total. The molecule has 1 aromatic heterocycles. The van der Waals surface area contributed by atoms with Crippen LogP contribution in [0.15, 0.2) is 24.4 Å². The molecule has 1 heterocycles. The topological polar surface area (TPSA) is 79.3 Å². The van der Waals surface area contributed by atoms with E-state index in [4.69, 9.17) is 5.11 Å². The van der Waals surface area contributed by atoms with Crippen LogP contribution in [-0.2, 0) is 9.59 Å². The van der Waals surface area contributed by atoms with Crippen molar-refractivity contribution in [3.63, 3.8) is 0 Å². The maximum atomic E-state index is 11.7. The molecular formula is C13H18N2O3. The fourth-order valence-electron chi connectivity index (χ4n) is 1.48. The predicted molar refractivity (Wildman–Crippen MR) is 66.8 cm³/mol. The van der Waals surface area contributed by atoms with Crippen molar-refractivity contribution in [2.45, 2.75) is 33.2 Å². The summed E-state index contributed by atoms with van der Waals surface area (Å²) in [4.78, 5) is 26.8. The first-order valence-corrected chi connectivity index (χ1v) is 5.76. The van der Waals surface area contributed by atoms with Crippen LogP contribution in [0.3, 0.4) is 0 Å². The highest BCUT2D eigenvalue weighted by molar-refractivity contribution is 5.84. The first-order valence-electron chi connectivity index (χ1n) is 5.76. The SMILES string of the molecule is CC(NC(=O)CC(C)(C)C(=O)O)c1ccccn1. The van der Waals surface area contributed by atoms with E-state index in [1.54, 1.807) is 12.3 Å². The van der Waals surface area contributed by atoms with Gasteiger partial charge in [-0.2, -0.15) is 0 Å². The van der Waals surface area contributed by atoms with Gasteiger partial charge in [-0.15, -0.1) is 0 Å². The number of carbonyl (C=O) groups is 2. The van der Waals surface area contributed by atoms with E-state index >= 15 is 0 Å². The standard InChI is InChI=1S/C13H18N2O3/c1-9(10-6-4-5-7-14-10)15-11(16)8-13(2,3)12(17)18/h4-7,9H,8H2,1-3H3,(H,15,16)(H,17,18). The lowest BCUT2D eigenvalue weighted by molar-refractivity contribution is -0.149. The van der Waals surface area contributed by atoms with Crippen molar-refractivity contribution in [3.8, 4) is 0 Å². The van der Waals surface area contributed by atoms with Crippen LogP contribution < -0.4 is 5.32 Å². The average molecular weight is 250 g/mol. The Kier molecular flexibility index (Phi) is 4.42. The van der Waals surface area contributed by atoms with Crippen molar-refractivity contribution in [2.75, 3.05) is 0 Å². The lowest BCUT2D eigenvalue weighted by atomic mass is 9.89. The van der Waals surface area contributed by atoms with Crippen LogP contribution in [0.5, 0.6) is 0 Å². The molecule has 2 N–H and O–H groups in total. The van der Waals surface area contributed by atoms with Crippen LogP contribution >= 0.6 is 0 Å².